The van der Waals surface area contributed by atoms with Crippen LogP contribution in [0, 0.1) is 5.92 Å². The molecule has 1 saturated heterocycles. The molecule has 288 valence electrons. The van der Waals surface area contributed by atoms with E-state index in [0.717, 1.165) is 54.5 Å². The van der Waals surface area contributed by atoms with Gasteiger partial charge in [0, 0.05) is 54.8 Å². The first kappa shape index (κ1) is 39.7. The Hall–Kier alpha value is -2.94. The van der Waals surface area contributed by atoms with Crippen LogP contribution < -0.4 is 4.74 Å². The van der Waals surface area contributed by atoms with Crippen molar-refractivity contribution < 1.29 is 43.1 Å². The number of halogens is 1. The van der Waals surface area contributed by atoms with Crippen molar-refractivity contribution in [3.63, 3.8) is 0 Å². The largest absolute Gasteiger partial charge is 0.490 e. The molecule has 13 heteroatoms. The molecular weight excluding hydrogens is 720 g/mol. The van der Waals surface area contributed by atoms with E-state index in [-0.39, 0.29) is 48.1 Å². The Morgan fingerprint density at radius 3 is 2.53 bits per heavy atom. The monoisotopic (exact) mass is 770 g/mol. The van der Waals surface area contributed by atoms with Crippen molar-refractivity contribution in [3.8, 4) is 16.9 Å². The molecule has 0 spiro atoms. The number of aliphatic hydroxyl groups is 4. The molecule has 2 saturated carbocycles. The third-order valence-electron chi connectivity index (χ3n) is 11.0. The molecule has 0 bridgehead atoms. The fourth-order valence-corrected chi connectivity index (χ4v) is 9.17. The molecule has 3 aromatic rings. The van der Waals surface area contributed by atoms with Crippen molar-refractivity contribution in [2.24, 2.45) is 5.92 Å². The number of Topliss-reactive ketones (excluding diaryl/α,β-unsaturated/α-hetero) is 1. The number of pyridine rings is 1. The zero-order valence-corrected chi connectivity index (χ0v) is 31.7. The molecule has 0 amide bonds. The van der Waals surface area contributed by atoms with Crippen LogP contribution in [0.2, 0.25) is 5.02 Å². The van der Waals surface area contributed by atoms with Crippen LogP contribution in [0.25, 0.3) is 11.1 Å². The molecule has 0 radical (unpaired) electrons. The Morgan fingerprint density at radius 2 is 1.81 bits per heavy atom. The molecule has 3 aliphatic rings. The number of ketones is 1. The van der Waals surface area contributed by atoms with E-state index in [9.17, 15) is 33.6 Å². The van der Waals surface area contributed by atoms with Crippen LogP contribution >= 0.6 is 11.6 Å². The average molecular weight is 771 g/mol. The smallest absolute Gasteiger partial charge is 0.243 e. The van der Waals surface area contributed by atoms with Gasteiger partial charge in [0.25, 0.3) is 0 Å². The van der Waals surface area contributed by atoms with Crippen LogP contribution in [0.1, 0.15) is 82.3 Å². The van der Waals surface area contributed by atoms with Gasteiger partial charge in [-0.25, -0.2) is 8.42 Å². The quantitative estimate of drug-likeness (QED) is 0.119. The maximum absolute atomic E-state index is 13.8. The van der Waals surface area contributed by atoms with Crippen molar-refractivity contribution in [2.45, 2.75) is 119 Å². The summed E-state index contributed by atoms with van der Waals surface area (Å²) in [6.07, 6.45) is 5.88. The van der Waals surface area contributed by atoms with E-state index in [4.69, 9.17) is 21.1 Å². The number of nitrogens with zero attached hydrogens (tertiary/aromatic N) is 2. The normalized spacial score (nSPS) is 23.9. The number of benzene rings is 2. The van der Waals surface area contributed by atoms with Crippen molar-refractivity contribution in [1.82, 2.24) is 9.29 Å². The van der Waals surface area contributed by atoms with Crippen molar-refractivity contribution >= 4 is 27.4 Å². The number of ether oxygens (including phenoxy) is 2. The summed E-state index contributed by atoms with van der Waals surface area (Å²) in [4.78, 5) is 17.3. The van der Waals surface area contributed by atoms with Gasteiger partial charge in [-0.1, -0.05) is 43.1 Å². The van der Waals surface area contributed by atoms with E-state index in [1.54, 1.807) is 25.1 Å². The minimum absolute atomic E-state index is 0.0840. The first-order valence-corrected chi connectivity index (χ1v) is 20.6. The third-order valence-corrected chi connectivity index (χ3v) is 13.3. The van der Waals surface area contributed by atoms with E-state index < -0.39 is 47.2 Å². The number of carbonyl (C=O) groups excluding carboxylic acids is 1. The van der Waals surface area contributed by atoms with Crippen LogP contribution in [0.4, 0.5) is 0 Å². The van der Waals surface area contributed by atoms with E-state index in [1.165, 1.54) is 9.87 Å². The summed E-state index contributed by atoms with van der Waals surface area (Å²) in [7, 11) is -3.81. The highest BCUT2D eigenvalue weighted by Gasteiger charge is 2.46. The van der Waals surface area contributed by atoms with Crippen LogP contribution in [0.5, 0.6) is 5.75 Å². The zero-order valence-electron chi connectivity index (χ0n) is 30.1. The fraction of sp³-hybridized carbons (Fsp3) is 0.550. The van der Waals surface area contributed by atoms with Gasteiger partial charge in [-0.15, -0.1) is 0 Å². The van der Waals surface area contributed by atoms with Gasteiger partial charge in [0.15, 0.2) is 6.29 Å². The lowest BCUT2D eigenvalue weighted by Gasteiger charge is -2.39. The van der Waals surface area contributed by atoms with Crippen LogP contribution in [-0.2, 0) is 31.4 Å². The molecule has 3 fully saturated rings. The summed E-state index contributed by atoms with van der Waals surface area (Å²) < 4.78 is 40.5. The number of aromatic nitrogens is 1. The first-order valence-electron chi connectivity index (χ1n) is 18.8. The van der Waals surface area contributed by atoms with Crippen molar-refractivity contribution in [3.05, 3.63) is 77.1 Å². The number of carbonyl (C=O) groups is 1. The molecule has 6 rings (SSSR count). The van der Waals surface area contributed by atoms with Gasteiger partial charge in [0.1, 0.15) is 23.7 Å². The Labute approximate surface area is 317 Å². The van der Waals surface area contributed by atoms with Gasteiger partial charge < -0.3 is 29.9 Å². The fourth-order valence-electron chi connectivity index (χ4n) is 7.42. The minimum atomic E-state index is -3.81. The number of sulfonamides is 1. The molecule has 2 aliphatic carbocycles. The van der Waals surface area contributed by atoms with Gasteiger partial charge in [-0.3, -0.25) is 9.78 Å². The lowest BCUT2D eigenvalue weighted by atomic mass is 9.85. The Balaban J connectivity index is 1.04. The standard InChI is InChI=1S/C40H51ClN2O9S/c1-2-43(21-7-3-4-8-27(45)23-32-37(46)38(47)36(25-44)52-39(32)48)53(49,50)29-13-14-34(41)26(22-29)15-17-40(18-19-40)33-24-42-20-16-30(33)31-9-5-6-10-35(31)51-28-11-12-28/h5-6,9-10,13-14,16,20,22,24,28,32,36-39,44,46-48H,2-4,7-8,11-12,15,17-19,21,23,25H2,1H3/t32-,36-,37-,38-,39-/m1/s1. The van der Waals surface area contributed by atoms with Gasteiger partial charge in [0.2, 0.25) is 10.0 Å². The van der Waals surface area contributed by atoms with Gasteiger partial charge in [-0.2, -0.15) is 4.31 Å². The maximum atomic E-state index is 13.8. The molecular formula is C40H51ClN2O9S. The second-order valence-electron chi connectivity index (χ2n) is 14.7. The van der Waals surface area contributed by atoms with Crippen molar-refractivity contribution in [2.75, 3.05) is 19.7 Å². The third kappa shape index (κ3) is 9.30. The number of hydrogen-bond donors (Lipinski definition) is 4. The van der Waals surface area contributed by atoms with Gasteiger partial charge in [0.05, 0.1) is 23.7 Å². The van der Waals surface area contributed by atoms with Crippen LogP contribution in [0.3, 0.4) is 0 Å². The molecule has 4 N–H and O–H groups in total. The molecule has 1 aromatic heterocycles. The molecule has 5 atom stereocenters. The summed E-state index contributed by atoms with van der Waals surface area (Å²) in [5.41, 5.74) is 4.06. The number of para-hydroxylation sites is 1. The van der Waals surface area contributed by atoms with Gasteiger partial charge in [-0.05, 0) is 104 Å². The SMILES string of the molecule is CCN(CCCCCC(=O)C[C@@H]1[C@@H](O)[C@H](O)[C@@H](CO)O[C@H]1O)S(=O)(=O)c1ccc(Cl)c(CCC2(c3cnccc3-c3ccccc3OC3CC3)CC2)c1. The maximum Gasteiger partial charge on any atom is 0.243 e. The minimum Gasteiger partial charge on any atom is -0.490 e. The molecule has 2 heterocycles. The lowest BCUT2D eigenvalue weighted by molar-refractivity contribution is -0.269. The first-order chi connectivity index (χ1) is 25.5. The predicted octanol–water partition coefficient (Wildman–Crippen LogP) is 5.19. The number of aryl methyl sites for hydroxylation is 1. The summed E-state index contributed by atoms with van der Waals surface area (Å²) in [6.45, 7) is 1.80. The van der Waals surface area contributed by atoms with Crippen LogP contribution in [0.15, 0.2) is 65.8 Å². The Morgan fingerprint density at radius 1 is 1.04 bits per heavy atom. The highest BCUT2D eigenvalue weighted by molar-refractivity contribution is 7.89. The highest BCUT2D eigenvalue weighted by Crippen LogP contribution is 2.55. The van der Waals surface area contributed by atoms with Crippen LogP contribution in [-0.4, -0.2) is 94.3 Å². The van der Waals surface area contributed by atoms with E-state index >= 15 is 0 Å². The van der Waals surface area contributed by atoms with Crippen molar-refractivity contribution in [1.29, 1.82) is 0 Å². The number of unbranched alkanes of at least 4 members (excludes halogenated alkanes) is 2. The van der Waals surface area contributed by atoms with E-state index in [2.05, 4.69) is 17.1 Å². The lowest BCUT2D eigenvalue weighted by Crippen LogP contribution is -2.56. The molecule has 11 nitrogen and oxygen atoms in total. The second-order valence-corrected chi connectivity index (χ2v) is 17.1. The zero-order chi connectivity index (χ0) is 37.8. The highest BCUT2D eigenvalue weighted by atomic mass is 35.5. The molecule has 2 aromatic carbocycles. The Kier molecular flexibility index (Phi) is 12.9. The summed E-state index contributed by atoms with van der Waals surface area (Å²) >= 11 is 6.68. The molecule has 0 unspecified atom stereocenters. The summed E-state index contributed by atoms with van der Waals surface area (Å²) in [6, 6.07) is 15.1. The summed E-state index contributed by atoms with van der Waals surface area (Å²) in [5.74, 6) is -0.318. The molecule has 53 heavy (non-hydrogen) atoms. The second kappa shape index (κ2) is 17.2. The topological polar surface area (TPSA) is 167 Å². The van der Waals surface area contributed by atoms with E-state index in [0.29, 0.717) is 30.7 Å². The number of aliphatic hydroxyl groups excluding tert-OH is 4. The average Bonchev–Trinajstić information content (AvgIpc) is 4.10. The van der Waals surface area contributed by atoms with E-state index in [1.807, 2.05) is 30.6 Å². The predicted molar refractivity (Wildman–Crippen MR) is 200 cm³/mol. The Bertz CT molecular complexity index is 1830. The number of rotatable bonds is 19. The molecule has 1 aliphatic heterocycles. The number of hydrogen-bond acceptors (Lipinski definition) is 10. The summed E-state index contributed by atoms with van der Waals surface area (Å²) in [5, 5.41) is 40.4. The van der Waals surface area contributed by atoms with Gasteiger partial charge >= 0.3 is 0 Å².